The summed E-state index contributed by atoms with van der Waals surface area (Å²) in [5.74, 6) is 4.22. The zero-order valence-electron chi connectivity index (χ0n) is 22.3. The minimum Gasteiger partial charge on any atom is -0.355 e. The van der Waals surface area contributed by atoms with Gasteiger partial charge in [-0.3, -0.25) is 14.4 Å². The predicted molar refractivity (Wildman–Crippen MR) is 152 cm³/mol. The van der Waals surface area contributed by atoms with Crippen molar-refractivity contribution in [3.63, 3.8) is 0 Å². The molecule has 6 nitrogen and oxygen atoms in total. The summed E-state index contributed by atoms with van der Waals surface area (Å²) in [4.78, 5) is 20.0. The summed E-state index contributed by atoms with van der Waals surface area (Å²) in [7, 11) is 0. The summed E-state index contributed by atoms with van der Waals surface area (Å²) in [6.45, 7) is 7.06. The van der Waals surface area contributed by atoms with E-state index in [9.17, 15) is 4.79 Å². The Bertz CT molecular complexity index is 1420. The summed E-state index contributed by atoms with van der Waals surface area (Å²) < 4.78 is 2.11. The molecular formula is C30H34ClN5OS. The number of halogens is 1. The van der Waals surface area contributed by atoms with Gasteiger partial charge < -0.3 is 5.32 Å². The van der Waals surface area contributed by atoms with Crippen molar-refractivity contribution >= 4 is 34.6 Å². The monoisotopic (exact) mass is 547 g/mol. The summed E-state index contributed by atoms with van der Waals surface area (Å²) >= 11 is 7.96. The molecule has 1 amide bonds. The van der Waals surface area contributed by atoms with Gasteiger partial charge in [0.1, 0.15) is 16.9 Å². The van der Waals surface area contributed by atoms with Crippen LogP contribution in [0.25, 0.3) is 5.00 Å². The van der Waals surface area contributed by atoms with Crippen molar-refractivity contribution in [2.45, 2.75) is 71.8 Å². The Morgan fingerprint density at radius 3 is 2.37 bits per heavy atom. The Hall–Kier alpha value is -2.51. The van der Waals surface area contributed by atoms with Gasteiger partial charge in [-0.05, 0) is 100 Å². The van der Waals surface area contributed by atoms with Crippen molar-refractivity contribution in [1.82, 2.24) is 20.1 Å². The van der Waals surface area contributed by atoms with Crippen molar-refractivity contribution in [3.8, 4) is 5.00 Å². The minimum absolute atomic E-state index is 0.0512. The average Bonchev–Trinajstić information content (AvgIpc) is 3.35. The molecule has 4 saturated carbocycles. The number of amides is 1. The van der Waals surface area contributed by atoms with Crippen molar-refractivity contribution in [2.75, 3.05) is 6.54 Å². The number of fused-ring (bicyclic) bond motifs is 3. The standard InChI is InChI=1S/C30H34ClN5OS/c1-16-17(2)38-29-26(16)27(22-4-6-23(31)7-5-22)33-24(28-35-34-18(3)36(28)29)11-25(37)32-15-30-12-19-8-20(13-30)10-21(9-19)14-30/h4-7,19-21,24H,8-15H2,1-3H3,(H,32,37)/t19?,20?,21?,24-,30?/m0/s1. The van der Waals surface area contributed by atoms with E-state index in [4.69, 9.17) is 16.6 Å². The van der Waals surface area contributed by atoms with Gasteiger partial charge in [-0.1, -0.05) is 23.7 Å². The lowest BCUT2D eigenvalue weighted by Crippen LogP contribution is -2.51. The number of aryl methyl sites for hydroxylation is 2. The number of thiophene rings is 1. The molecule has 38 heavy (non-hydrogen) atoms. The molecule has 4 aliphatic carbocycles. The van der Waals surface area contributed by atoms with Gasteiger partial charge in [0.05, 0.1) is 12.1 Å². The summed E-state index contributed by atoms with van der Waals surface area (Å²) in [6, 6.07) is 7.41. The van der Waals surface area contributed by atoms with Crippen LogP contribution < -0.4 is 5.32 Å². The highest BCUT2D eigenvalue weighted by Crippen LogP contribution is 2.59. The quantitative estimate of drug-likeness (QED) is 0.395. The van der Waals surface area contributed by atoms with Gasteiger partial charge in [-0.15, -0.1) is 21.5 Å². The van der Waals surface area contributed by atoms with Gasteiger partial charge in [0, 0.05) is 27.6 Å². The third kappa shape index (κ3) is 4.04. The van der Waals surface area contributed by atoms with Gasteiger partial charge >= 0.3 is 0 Å². The molecule has 8 heteroatoms. The third-order valence-electron chi connectivity index (χ3n) is 9.56. The lowest BCUT2D eigenvalue weighted by Gasteiger charge is -2.56. The molecule has 0 saturated heterocycles. The smallest absolute Gasteiger partial charge is 0.222 e. The average molecular weight is 548 g/mol. The SMILES string of the molecule is Cc1sc2c(c1C)C(c1ccc(Cl)cc1)=N[C@@H](CC(=O)NCC13CC4CC(CC(C4)C1)C3)c1nnc(C)n1-2. The number of nitrogens with one attached hydrogen (secondary N) is 1. The number of carbonyl (C=O) groups is 1. The Morgan fingerprint density at radius 1 is 1.05 bits per heavy atom. The van der Waals surface area contributed by atoms with E-state index in [1.807, 2.05) is 31.2 Å². The summed E-state index contributed by atoms with van der Waals surface area (Å²) in [5.41, 5.74) is 4.48. The highest BCUT2D eigenvalue weighted by molar-refractivity contribution is 7.15. The van der Waals surface area contributed by atoms with E-state index in [0.29, 0.717) is 10.4 Å². The lowest BCUT2D eigenvalue weighted by atomic mass is 9.49. The fraction of sp³-hybridized carbons (Fsp3) is 0.533. The Labute approximate surface area is 232 Å². The van der Waals surface area contributed by atoms with Crippen LogP contribution in [0.4, 0.5) is 0 Å². The van der Waals surface area contributed by atoms with Crippen molar-refractivity contribution in [1.29, 1.82) is 0 Å². The van der Waals surface area contributed by atoms with Crippen LogP contribution in [0.3, 0.4) is 0 Å². The number of nitrogens with zero attached hydrogens (tertiary/aromatic N) is 4. The molecule has 4 fully saturated rings. The molecule has 0 spiro atoms. The number of aliphatic imine (C=N–C) groups is 1. The van der Waals surface area contributed by atoms with E-state index in [2.05, 4.69) is 33.9 Å². The topological polar surface area (TPSA) is 72.2 Å². The van der Waals surface area contributed by atoms with E-state index >= 15 is 0 Å². The Morgan fingerprint density at radius 2 is 1.71 bits per heavy atom. The molecule has 1 atom stereocenters. The first-order valence-corrected chi connectivity index (χ1v) is 15.1. The normalized spacial score (nSPS) is 29.0. The number of hydrogen-bond acceptors (Lipinski definition) is 5. The van der Waals surface area contributed by atoms with Gasteiger partial charge in [-0.2, -0.15) is 0 Å². The molecular weight excluding hydrogens is 514 g/mol. The summed E-state index contributed by atoms with van der Waals surface area (Å²) in [5, 5.41) is 14.1. The molecule has 1 N–H and O–H groups in total. The first kappa shape index (κ1) is 24.5. The third-order valence-corrected chi connectivity index (χ3v) is 11.0. The molecule has 1 aliphatic heterocycles. The molecule has 5 aliphatic rings. The maximum absolute atomic E-state index is 13.5. The zero-order chi connectivity index (χ0) is 26.2. The number of benzene rings is 1. The van der Waals surface area contributed by atoms with Gasteiger partial charge in [0.2, 0.25) is 5.91 Å². The van der Waals surface area contributed by atoms with Crippen LogP contribution in [0.1, 0.15) is 84.2 Å². The van der Waals surface area contributed by atoms with Crippen LogP contribution in [-0.4, -0.2) is 32.9 Å². The van der Waals surface area contributed by atoms with Crippen LogP contribution in [0.15, 0.2) is 29.3 Å². The van der Waals surface area contributed by atoms with Gasteiger partial charge in [-0.25, -0.2) is 0 Å². The van der Waals surface area contributed by atoms with Crippen LogP contribution in [0, 0.1) is 43.9 Å². The maximum atomic E-state index is 13.5. The first-order valence-electron chi connectivity index (χ1n) is 13.9. The number of carbonyl (C=O) groups excluding carboxylic acids is 1. The van der Waals surface area contributed by atoms with E-state index in [1.54, 1.807) is 11.3 Å². The van der Waals surface area contributed by atoms with Crippen LogP contribution >= 0.6 is 22.9 Å². The lowest BCUT2D eigenvalue weighted by molar-refractivity contribution is -0.123. The Kier molecular flexibility index (Phi) is 5.82. The molecule has 1 aromatic carbocycles. The second-order valence-electron chi connectivity index (χ2n) is 12.3. The highest BCUT2D eigenvalue weighted by Gasteiger charge is 2.50. The number of aromatic nitrogens is 3. The molecule has 8 rings (SSSR count). The zero-order valence-corrected chi connectivity index (χ0v) is 23.8. The van der Waals surface area contributed by atoms with E-state index in [1.165, 1.54) is 49.0 Å². The molecule has 0 radical (unpaired) electrons. The second-order valence-corrected chi connectivity index (χ2v) is 13.9. The number of rotatable bonds is 5. The van der Waals surface area contributed by atoms with Crippen molar-refractivity contribution in [2.24, 2.45) is 28.2 Å². The first-order chi connectivity index (χ1) is 18.3. The van der Waals surface area contributed by atoms with Crippen LogP contribution in [-0.2, 0) is 4.79 Å². The molecule has 3 heterocycles. The van der Waals surface area contributed by atoms with Crippen molar-refractivity contribution < 1.29 is 4.79 Å². The minimum atomic E-state index is -0.419. The maximum Gasteiger partial charge on any atom is 0.222 e. The summed E-state index contributed by atoms with van der Waals surface area (Å²) in [6.07, 6.45) is 8.35. The molecule has 198 valence electrons. The predicted octanol–water partition coefficient (Wildman–Crippen LogP) is 6.52. The van der Waals surface area contributed by atoms with Gasteiger partial charge in [0.15, 0.2) is 5.82 Å². The van der Waals surface area contributed by atoms with E-state index < -0.39 is 6.04 Å². The number of hydrogen-bond donors (Lipinski definition) is 1. The van der Waals surface area contributed by atoms with E-state index in [-0.39, 0.29) is 12.3 Å². The highest BCUT2D eigenvalue weighted by atomic mass is 35.5. The van der Waals surface area contributed by atoms with E-state index in [0.717, 1.165) is 57.8 Å². The van der Waals surface area contributed by atoms with Crippen LogP contribution in [0.2, 0.25) is 5.02 Å². The van der Waals surface area contributed by atoms with Crippen LogP contribution in [0.5, 0.6) is 0 Å². The largest absolute Gasteiger partial charge is 0.355 e. The Balaban J connectivity index is 1.21. The van der Waals surface area contributed by atoms with Gasteiger partial charge in [0.25, 0.3) is 0 Å². The second kappa shape index (κ2) is 9.02. The molecule has 2 aromatic heterocycles. The fourth-order valence-corrected chi connectivity index (χ4v) is 9.51. The molecule has 4 bridgehead atoms. The van der Waals surface area contributed by atoms with Crippen molar-refractivity contribution in [3.05, 3.63) is 62.5 Å². The molecule has 3 aromatic rings. The fourth-order valence-electron chi connectivity index (χ4n) is 8.17. The molecule has 0 unspecified atom stereocenters.